The van der Waals surface area contributed by atoms with E-state index in [-0.39, 0.29) is 6.15 Å². The molecular weight excluding hydrogens is 182 g/mol. The van der Waals surface area contributed by atoms with E-state index in [2.05, 4.69) is 9.97 Å². The number of nitrogen functional groups attached to an aromatic ring is 1. The Labute approximate surface area is 79.6 Å². The van der Waals surface area contributed by atoms with E-state index >= 15 is 0 Å². The smallest absolute Gasteiger partial charge is 0.373 e. The monoisotopic (exact) mass is 189 g/mol. The van der Waals surface area contributed by atoms with Crippen LogP contribution in [0.25, 0.3) is 11.0 Å². The maximum atomic E-state index is 8.12. The second-order valence-electron chi connectivity index (χ2n) is 2.37. The summed E-state index contributed by atoms with van der Waals surface area (Å²) in [6, 6.07) is 7.63. The Morgan fingerprint density at radius 1 is 1.14 bits per heavy atom. The van der Waals surface area contributed by atoms with Gasteiger partial charge in [0.25, 0.3) is 0 Å². The molecular formula is C9H7N3O2. The second-order valence-corrected chi connectivity index (χ2v) is 2.37. The zero-order chi connectivity index (χ0) is 10.4. The van der Waals surface area contributed by atoms with Crippen molar-refractivity contribution in [2.24, 2.45) is 0 Å². The summed E-state index contributed by atoms with van der Waals surface area (Å²) in [6.45, 7) is 0. The average molecular weight is 189 g/mol. The van der Waals surface area contributed by atoms with Gasteiger partial charge in [0.1, 0.15) is 5.82 Å². The van der Waals surface area contributed by atoms with Crippen LogP contribution in [0.5, 0.6) is 0 Å². The fraction of sp³-hybridized carbons (Fsp3) is 0. The third kappa shape index (κ3) is 2.36. The summed E-state index contributed by atoms with van der Waals surface area (Å²) in [5, 5.41) is 0. The van der Waals surface area contributed by atoms with Gasteiger partial charge in [0.2, 0.25) is 0 Å². The van der Waals surface area contributed by atoms with Crippen LogP contribution < -0.4 is 5.73 Å². The highest BCUT2D eigenvalue weighted by molar-refractivity contribution is 5.74. The zero-order valence-corrected chi connectivity index (χ0v) is 7.18. The third-order valence-corrected chi connectivity index (χ3v) is 1.47. The molecule has 2 N–H and O–H groups in total. The van der Waals surface area contributed by atoms with Crippen molar-refractivity contribution in [1.29, 1.82) is 0 Å². The summed E-state index contributed by atoms with van der Waals surface area (Å²) in [7, 11) is 0. The predicted molar refractivity (Wildman–Crippen MR) is 49.0 cm³/mol. The number of carbonyl (C=O) groups excluding carboxylic acids is 2. The molecule has 0 aliphatic heterocycles. The highest BCUT2D eigenvalue weighted by atomic mass is 16.2. The molecule has 14 heavy (non-hydrogen) atoms. The van der Waals surface area contributed by atoms with Crippen molar-refractivity contribution in [3.05, 3.63) is 30.5 Å². The summed E-state index contributed by atoms with van der Waals surface area (Å²) in [5.74, 6) is 0.462. The number of rotatable bonds is 0. The van der Waals surface area contributed by atoms with Gasteiger partial charge in [-0.25, -0.2) is 4.98 Å². The van der Waals surface area contributed by atoms with Crippen LogP contribution in [0.1, 0.15) is 0 Å². The van der Waals surface area contributed by atoms with Gasteiger partial charge in [-0.2, -0.15) is 9.59 Å². The molecule has 0 radical (unpaired) electrons. The molecule has 5 nitrogen and oxygen atoms in total. The third-order valence-electron chi connectivity index (χ3n) is 1.47. The van der Waals surface area contributed by atoms with Gasteiger partial charge in [0.15, 0.2) is 0 Å². The van der Waals surface area contributed by atoms with E-state index in [1.165, 1.54) is 0 Å². The van der Waals surface area contributed by atoms with Crippen molar-refractivity contribution < 1.29 is 9.59 Å². The Balaban J connectivity index is 0.000000293. The van der Waals surface area contributed by atoms with Crippen molar-refractivity contribution in [2.75, 3.05) is 5.73 Å². The molecule has 2 aromatic rings. The number of nitrogens with two attached hydrogens (primary N) is 1. The number of hydrogen-bond acceptors (Lipinski definition) is 5. The summed E-state index contributed by atoms with van der Waals surface area (Å²) >= 11 is 0. The summed E-state index contributed by atoms with van der Waals surface area (Å²) in [5.41, 5.74) is 7.17. The van der Waals surface area contributed by atoms with Crippen LogP contribution in [0.15, 0.2) is 30.5 Å². The molecule has 0 aliphatic rings. The number of para-hydroxylation sites is 2. The maximum Gasteiger partial charge on any atom is 0.373 e. The van der Waals surface area contributed by atoms with Crippen LogP contribution in [-0.4, -0.2) is 16.1 Å². The zero-order valence-electron chi connectivity index (χ0n) is 7.18. The van der Waals surface area contributed by atoms with Crippen LogP contribution in [0.4, 0.5) is 5.82 Å². The molecule has 0 saturated heterocycles. The summed E-state index contributed by atoms with van der Waals surface area (Å²) < 4.78 is 0. The number of anilines is 1. The molecule has 0 bridgehead atoms. The molecule has 0 fully saturated rings. The Morgan fingerprint density at radius 3 is 2.36 bits per heavy atom. The molecule has 70 valence electrons. The van der Waals surface area contributed by atoms with Crippen molar-refractivity contribution >= 4 is 23.0 Å². The lowest BCUT2D eigenvalue weighted by atomic mass is 10.3. The van der Waals surface area contributed by atoms with E-state index in [4.69, 9.17) is 15.3 Å². The molecule has 1 aromatic heterocycles. The van der Waals surface area contributed by atoms with Crippen molar-refractivity contribution in [3.63, 3.8) is 0 Å². The van der Waals surface area contributed by atoms with Crippen LogP contribution in [0, 0.1) is 0 Å². The van der Waals surface area contributed by atoms with E-state index < -0.39 is 0 Å². The van der Waals surface area contributed by atoms with Crippen LogP contribution in [0.3, 0.4) is 0 Å². The van der Waals surface area contributed by atoms with Gasteiger partial charge in [-0.15, -0.1) is 0 Å². The fourth-order valence-electron chi connectivity index (χ4n) is 0.972. The topological polar surface area (TPSA) is 85.9 Å². The molecule has 0 amide bonds. The molecule has 1 heterocycles. The quantitative estimate of drug-likeness (QED) is 0.656. The van der Waals surface area contributed by atoms with E-state index in [0.29, 0.717) is 5.82 Å². The molecule has 2 rings (SSSR count). The minimum atomic E-state index is 0.250. The Morgan fingerprint density at radius 2 is 1.71 bits per heavy atom. The van der Waals surface area contributed by atoms with Crippen molar-refractivity contribution in [2.45, 2.75) is 0 Å². The average Bonchev–Trinajstić information content (AvgIpc) is 2.19. The predicted octanol–water partition coefficient (Wildman–Crippen LogP) is 0.629. The Hall–Kier alpha value is -2.26. The lowest BCUT2D eigenvalue weighted by molar-refractivity contribution is -0.191. The second kappa shape index (κ2) is 4.69. The largest absolute Gasteiger partial charge is 0.382 e. The first-order valence-electron chi connectivity index (χ1n) is 3.74. The highest BCUT2D eigenvalue weighted by Gasteiger charge is 1.92. The number of hydrogen-bond donors (Lipinski definition) is 1. The first kappa shape index (κ1) is 9.83. The normalized spacial score (nSPS) is 8.57. The van der Waals surface area contributed by atoms with E-state index in [0.717, 1.165) is 11.0 Å². The van der Waals surface area contributed by atoms with Gasteiger partial charge in [-0.3, -0.25) is 4.98 Å². The van der Waals surface area contributed by atoms with Gasteiger partial charge in [-0.05, 0) is 12.1 Å². The molecule has 0 spiro atoms. The summed E-state index contributed by atoms with van der Waals surface area (Å²) in [6.07, 6.45) is 1.81. The van der Waals surface area contributed by atoms with Gasteiger partial charge in [0, 0.05) is 0 Å². The highest BCUT2D eigenvalue weighted by Crippen LogP contribution is 2.08. The van der Waals surface area contributed by atoms with E-state index in [1.807, 2.05) is 24.3 Å². The van der Waals surface area contributed by atoms with Crippen molar-refractivity contribution in [1.82, 2.24) is 9.97 Å². The number of aromatic nitrogens is 2. The minimum Gasteiger partial charge on any atom is -0.382 e. The SMILES string of the molecule is Nc1cnc2ccccc2n1.O=C=O. The van der Waals surface area contributed by atoms with Crippen LogP contribution in [0.2, 0.25) is 0 Å². The molecule has 0 atom stereocenters. The molecule has 0 saturated carbocycles. The van der Waals surface area contributed by atoms with Gasteiger partial charge in [-0.1, -0.05) is 12.1 Å². The lowest BCUT2D eigenvalue weighted by Gasteiger charge is -1.94. The first-order valence-corrected chi connectivity index (χ1v) is 3.74. The fourth-order valence-corrected chi connectivity index (χ4v) is 0.972. The minimum absolute atomic E-state index is 0.250. The molecule has 0 unspecified atom stereocenters. The standard InChI is InChI=1S/C8H7N3.CO2/c9-8-5-10-6-3-1-2-4-7(6)11-8;2-1-3/h1-5H,(H2,9,11);. The Bertz CT molecular complexity index is 464. The van der Waals surface area contributed by atoms with E-state index in [1.54, 1.807) is 6.20 Å². The first-order chi connectivity index (χ1) is 6.77. The van der Waals surface area contributed by atoms with Gasteiger partial charge >= 0.3 is 6.15 Å². The molecule has 5 heteroatoms. The number of fused-ring (bicyclic) bond motifs is 1. The lowest BCUT2D eigenvalue weighted by Crippen LogP contribution is -1.91. The number of nitrogens with zero attached hydrogens (tertiary/aromatic N) is 2. The summed E-state index contributed by atoms with van der Waals surface area (Å²) in [4.78, 5) is 24.4. The van der Waals surface area contributed by atoms with Crippen molar-refractivity contribution in [3.8, 4) is 0 Å². The van der Waals surface area contributed by atoms with Crippen LogP contribution >= 0.6 is 0 Å². The Kier molecular flexibility index (Phi) is 3.29. The maximum absolute atomic E-state index is 8.12. The number of benzene rings is 1. The van der Waals surface area contributed by atoms with E-state index in [9.17, 15) is 0 Å². The molecule has 1 aromatic carbocycles. The van der Waals surface area contributed by atoms with Crippen LogP contribution in [-0.2, 0) is 9.59 Å². The van der Waals surface area contributed by atoms with Gasteiger partial charge in [0.05, 0.1) is 17.2 Å². The van der Waals surface area contributed by atoms with Gasteiger partial charge < -0.3 is 5.73 Å². The molecule has 0 aliphatic carbocycles.